The fourth-order valence-electron chi connectivity index (χ4n) is 3.79. The largest absolute Gasteiger partial charge is 0.435 e. The highest BCUT2D eigenvalue weighted by Crippen LogP contribution is 2.50. The SMILES string of the molecule is CCC(=O)NCc1cccc2c(C3=NOC(c4cc(Cl)cc(Cl)c4)(C(F)(F)F)C3)ccnc12. The molecule has 2 aromatic carbocycles. The van der Waals surface area contributed by atoms with Crippen LogP contribution in [-0.4, -0.2) is 22.8 Å². The van der Waals surface area contributed by atoms with E-state index in [0.29, 0.717) is 22.9 Å². The molecule has 1 N–H and O–H groups in total. The predicted octanol–water partition coefficient (Wildman–Crippen LogP) is 6.15. The third-order valence-electron chi connectivity index (χ3n) is 5.48. The highest BCUT2D eigenvalue weighted by molar-refractivity contribution is 6.34. The molecule has 0 radical (unpaired) electrons. The summed E-state index contributed by atoms with van der Waals surface area (Å²) < 4.78 is 42.9. The van der Waals surface area contributed by atoms with E-state index in [4.69, 9.17) is 28.0 Å². The maximum Gasteiger partial charge on any atom is 0.435 e. The van der Waals surface area contributed by atoms with E-state index >= 15 is 0 Å². The van der Waals surface area contributed by atoms with Crippen molar-refractivity contribution >= 4 is 45.7 Å². The molecular formula is C23H18Cl2F3N3O2. The molecule has 33 heavy (non-hydrogen) atoms. The van der Waals surface area contributed by atoms with E-state index in [9.17, 15) is 18.0 Å². The number of nitrogens with one attached hydrogen (secondary N) is 1. The molecule has 0 bridgehead atoms. The van der Waals surface area contributed by atoms with Crippen molar-refractivity contribution in [1.29, 1.82) is 0 Å². The van der Waals surface area contributed by atoms with Gasteiger partial charge in [0, 0.05) is 52.1 Å². The van der Waals surface area contributed by atoms with Gasteiger partial charge >= 0.3 is 6.18 Å². The molecule has 4 rings (SSSR count). The van der Waals surface area contributed by atoms with Crippen LogP contribution in [0.5, 0.6) is 0 Å². The van der Waals surface area contributed by atoms with Crippen LogP contribution in [0.4, 0.5) is 13.2 Å². The highest BCUT2D eigenvalue weighted by Gasteiger charge is 2.62. The number of nitrogens with zero attached hydrogens (tertiary/aromatic N) is 2. The average Bonchev–Trinajstić information content (AvgIpc) is 3.23. The maximum absolute atomic E-state index is 14.3. The summed E-state index contributed by atoms with van der Waals surface area (Å²) in [5, 5.41) is 7.35. The van der Waals surface area contributed by atoms with Crippen molar-refractivity contribution in [2.45, 2.75) is 38.1 Å². The Morgan fingerprint density at radius 2 is 1.91 bits per heavy atom. The first kappa shape index (κ1) is 23.3. The minimum absolute atomic E-state index is 0.0614. The maximum atomic E-state index is 14.3. The summed E-state index contributed by atoms with van der Waals surface area (Å²) in [7, 11) is 0. The lowest BCUT2D eigenvalue weighted by Crippen LogP contribution is -2.42. The smallest absolute Gasteiger partial charge is 0.374 e. The van der Waals surface area contributed by atoms with Gasteiger partial charge in [-0.3, -0.25) is 9.78 Å². The summed E-state index contributed by atoms with van der Waals surface area (Å²) in [4.78, 5) is 21.1. The average molecular weight is 496 g/mol. The first-order valence-electron chi connectivity index (χ1n) is 10.1. The number of hydrogen-bond acceptors (Lipinski definition) is 4. The molecule has 0 saturated heterocycles. The van der Waals surface area contributed by atoms with Crippen LogP contribution in [0.15, 0.2) is 53.8 Å². The molecule has 172 valence electrons. The van der Waals surface area contributed by atoms with E-state index in [-0.39, 0.29) is 33.8 Å². The molecule has 0 spiro atoms. The summed E-state index contributed by atoms with van der Waals surface area (Å²) >= 11 is 11.9. The zero-order valence-electron chi connectivity index (χ0n) is 17.3. The Hall–Kier alpha value is -2.84. The van der Waals surface area contributed by atoms with Gasteiger partial charge in [-0.25, -0.2) is 0 Å². The number of fused-ring (bicyclic) bond motifs is 1. The fraction of sp³-hybridized carbons (Fsp3) is 0.261. The first-order chi connectivity index (χ1) is 15.6. The van der Waals surface area contributed by atoms with Gasteiger partial charge in [0.05, 0.1) is 11.2 Å². The monoisotopic (exact) mass is 495 g/mol. The Morgan fingerprint density at radius 3 is 2.58 bits per heavy atom. The number of pyridine rings is 1. The topological polar surface area (TPSA) is 63.6 Å². The van der Waals surface area contributed by atoms with E-state index in [1.807, 2.05) is 0 Å². The molecule has 0 saturated carbocycles. The van der Waals surface area contributed by atoms with Crippen LogP contribution in [-0.2, 0) is 21.8 Å². The number of rotatable bonds is 5. The Bertz CT molecular complexity index is 1240. The van der Waals surface area contributed by atoms with Gasteiger partial charge in [0.25, 0.3) is 5.60 Å². The van der Waals surface area contributed by atoms with Gasteiger partial charge in [0.1, 0.15) is 0 Å². The van der Waals surface area contributed by atoms with Gasteiger partial charge in [-0.1, -0.05) is 53.5 Å². The van der Waals surface area contributed by atoms with E-state index in [0.717, 1.165) is 5.56 Å². The van der Waals surface area contributed by atoms with Crippen molar-refractivity contribution in [3.05, 3.63) is 75.4 Å². The lowest BCUT2D eigenvalue weighted by molar-refractivity contribution is -0.275. The zero-order valence-corrected chi connectivity index (χ0v) is 18.9. The number of para-hydroxylation sites is 1. The summed E-state index contributed by atoms with van der Waals surface area (Å²) in [6, 6.07) is 10.6. The third kappa shape index (κ3) is 4.37. The molecule has 0 fully saturated rings. The Labute approximate surface area is 197 Å². The third-order valence-corrected chi connectivity index (χ3v) is 5.91. The molecule has 0 aliphatic carbocycles. The molecule has 3 aromatic rings. The highest BCUT2D eigenvalue weighted by atomic mass is 35.5. The number of hydrogen-bond donors (Lipinski definition) is 1. The van der Waals surface area contributed by atoms with Crippen molar-refractivity contribution in [2.24, 2.45) is 5.16 Å². The molecule has 10 heteroatoms. The number of carbonyl (C=O) groups is 1. The quantitative estimate of drug-likeness (QED) is 0.461. The number of benzene rings is 2. The number of halogens is 5. The standard InChI is InChI=1S/C23H18Cl2F3N3O2/c1-2-20(32)30-12-13-4-3-5-18-17(6-7-29-21(13)18)19-11-22(33-31-19,23(26,27)28)14-8-15(24)10-16(25)9-14/h3-10H,2,11-12H2,1H3,(H,30,32). The van der Waals surface area contributed by atoms with Gasteiger partial charge in [0.2, 0.25) is 5.91 Å². The second-order valence-corrected chi connectivity index (χ2v) is 8.46. The lowest BCUT2D eigenvalue weighted by Gasteiger charge is -2.29. The minimum Gasteiger partial charge on any atom is -0.374 e. The molecule has 1 amide bonds. The summed E-state index contributed by atoms with van der Waals surface area (Å²) in [5.41, 5.74) is -1.08. The molecule has 1 aliphatic heterocycles. The molecule has 1 unspecified atom stereocenters. The van der Waals surface area contributed by atoms with Gasteiger partial charge in [-0.15, -0.1) is 0 Å². The van der Waals surface area contributed by atoms with Crippen LogP contribution in [0.1, 0.15) is 36.5 Å². The minimum atomic E-state index is -4.79. The Kier molecular flexibility index (Phi) is 6.24. The summed E-state index contributed by atoms with van der Waals surface area (Å²) in [6.07, 6.45) is -3.52. The van der Waals surface area contributed by atoms with E-state index in [2.05, 4.69) is 15.5 Å². The van der Waals surface area contributed by atoms with Crippen molar-refractivity contribution in [3.8, 4) is 0 Å². The van der Waals surface area contributed by atoms with E-state index in [1.54, 1.807) is 31.2 Å². The molecular weight excluding hydrogens is 478 g/mol. The molecule has 2 heterocycles. The van der Waals surface area contributed by atoms with Gasteiger partial charge in [-0.05, 0) is 29.8 Å². The molecule has 5 nitrogen and oxygen atoms in total. The van der Waals surface area contributed by atoms with Crippen LogP contribution in [0.25, 0.3) is 10.9 Å². The number of aromatic nitrogens is 1. The molecule has 1 aromatic heterocycles. The van der Waals surface area contributed by atoms with Crippen molar-refractivity contribution < 1.29 is 22.8 Å². The number of amides is 1. The van der Waals surface area contributed by atoms with Gasteiger partial charge in [0.15, 0.2) is 0 Å². The van der Waals surface area contributed by atoms with Gasteiger partial charge < -0.3 is 10.2 Å². The first-order valence-corrected chi connectivity index (χ1v) is 10.8. The Balaban J connectivity index is 1.75. The van der Waals surface area contributed by atoms with E-state index < -0.39 is 18.2 Å². The van der Waals surface area contributed by atoms with E-state index in [1.165, 1.54) is 24.4 Å². The normalized spacial score (nSPS) is 18.2. The second kappa shape index (κ2) is 8.83. The molecule has 1 aliphatic rings. The summed E-state index contributed by atoms with van der Waals surface area (Å²) in [6.45, 7) is 1.99. The zero-order chi connectivity index (χ0) is 23.8. The summed E-state index contributed by atoms with van der Waals surface area (Å²) in [5.74, 6) is -0.119. The second-order valence-electron chi connectivity index (χ2n) is 7.59. The number of oxime groups is 1. The number of carbonyl (C=O) groups excluding carboxylic acids is 1. The Morgan fingerprint density at radius 1 is 1.18 bits per heavy atom. The number of alkyl halides is 3. The lowest BCUT2D eigenvalue weighted by atomic mass is 9.86. The van der Waals surface area contributed by atoms with Crippen molar-refractivity contribution in [2.75, 3.05) is 0 Å². The molecule has 1 atom stereocenters. The van der Waals surface area contributed by atoms with Crippen LogP contribution < -0.4 is 5.32 Å². The van der Waals surface area contributed by atoms with Crippen LogP contribution in [0, 0.1) is 0 Å². The van der Waals surface area contributed by atoms with Crippen LogP contribution in [0.3, 0.4) is 0 Å². The van der Waals surface area contributed by atoms with Crippen LogP contribution in [0.2, 0.25) is 10.0 Å². The van der Waals surface area contributed by atoms with Crippen molar-refractivity contribution in [3.63, 3.8) is 0 Å². The predicted molar refractivity (Wildman–Crippen MR) is 120 cm³/mol. The van der Waals surface area contributed by atoms with Crippen molar-refractivity contribution in [1.82, 2.24) is 10.3 Å². The van der Waals surface area contributed by atoms with Gasteiger partial charge in [-0.2, -0.15) is 13.2 Å². The van der Waals surface area contributed by atoms with Crippen LogP contribution >= 0.6 is 23.2 Å². The fourth-order valence-corrected chi connectivity index (χ4v) is 4.31.